The summed E-state index contributed by atoms with van der Waals surface area (Å²) in [6, 6.07) is 9.47. The molecule has 198 valence electrons. The molecule has 3 aromatic rings. The second kappa shape index (κ2) is 9.06. The van der Waals surface area contributed by atoms with E-state index in [0.717, 1.165) is 79.0 Å². The van der Waals surface area contributed by atoms with E-state index in [0.29, 0.717) is 12.3 Å². The van der Waals surface area contributed by atoms with Crippen LogP contribution in [0.25, 0.3) is 22.3 Å². The maximum Gasteiger partial charge on any atom is 0.140 e. The number of aromatic nitrogens is 4. The average Bonchev–Trinajstić information content (AvgIpc) is 3.76. The summed E-state index contributed by atoms with van der Waals surface area (Å²) in [5, 5.41) is 5.97. The van der Waals surface area contributed by atoms with Gasteiger partial charge in [0.2, 0.25) is 0 Å². The highest BCUT2D eigenvalue weighted by Crippen LogP contribution is 2.44. The van der Waals surface area contributed by atoms with E-state index < -0.39 is 8.07 Å². The van der Waals surface area contributed by atoms with Crippen LogP contribution in [0.5, 0.6) is 5.75 Å². The lowest BCUT2D eigenvalue weighted by molar-refractivity contribution is 0.0802. The predicted molar refractivity (Wildman–Crippen MR) is 150 cm³/mol. The molecule has 9 heteroatoms. The molecule has 2 saturated carbocycles. The van der Waals surface area contributed by atoms with Crippen LogP contribution in [-0.4, -0.2) is 77.2 Å². The van der Waals surface area contributed by atoms with Crippen molar-refractivity contribution in [2.24, 2.45) is 0 Å². The normalized spacial score (nSPS) is 20.5. The Morgan fingerprint density at radius 2 is 1.84 bits per heavy atom. The van der Waals surface area contributed by atoms with Gasteiger partial charge in [-0.25, -0.2) is 14.6 Å². The molecule has 1 spiro atoms. The Balaban J connectivity index is 1.33. The first-order valence-electron chi connectivity index (χ1n) is 13.7. The van der Waals surface area contributed by atoms with Gasteiger partial charge in [-0.15, -0.1) is 0 Å². The van der Waals surface area contributed by atoms with Crippen LogP contribution in [0, 0.1) is 0 Å². The number of nitrogens with zero attached hydrogens (tertiary/aromatic N) is 6. The Bertz CT molecular complexity index is 1290. The fourth-order valence-electron chi connectivity index (χ4n) is 5.22. The lowest BCUT2D eigenvalue weighted by atomic mass is 10.1. The number of hydrogen-bond donors (Lipinski definition) is 0. The maximum atomic E-state index is 6.31. The van der Waals surface area contributed by atoms with Gasteiger partial charge in [0.1, 0.15) is 30.2 Å². The van der Waals surface area contributed by atoms with Crippen molar-refractivity contribution in [2.45, 2.75) is 76.2 Å². The van der Waals surface area contributed by atoms with Crippen LogP contribution in [0.2, 0.25) is 25.7 Å². The number of fused-ring (bicyclic) bond motifs is 1. The van der Waals surface area contributed by atoms with Gasteiger partial charge in [-0.3, -0.25) is 4.90 Å². The molecule has 3 heterocycles. The molecule has 0 N–H and O–H groups in total. The molecule has 3 aliphatic rings. The van der Waals surface area contributed by atoms with E-state index >= 15 is 0 Å². The number of hydrogen-bond acceptors (Lipinski definition) is 7. The van der Waals surface area contributed by atoms with E-state index in [1.165, 1.54) is 12.8 Å². The van der Waals surface area contributed by atoms with Crippen LogP contribution in [0.4, 0.5) is 5.82 Å². The average molecular weight is 521 g/mol. The molecule has 1 aromatic carbocycles. The molecule has 6 rings (SSSR count). The molecule has 0 unspecified atom stereocenters. The number of likely N-dealkylation sites (N-methyl/N-ethyl adjacent to an activating group) is 1. The van der Waals surface area contributed by atoms with Crippen molar-refractivity contribution in [3.63, 3.8) is 0 Å². The highest BCUT2D eigenvalue weighted by molar-refractivity contribution is 6.76. The van der Waals surface area contributed by atoms with E-state index in [4.69, 9.17) is 24.5 Å². The lowest BCUT2D eigenvalue weighted by Gasteiger charge is -2.40. The standard InChI is InChI=1S/C28H40N6O2Si/c1-27(8-9-27)36-21-6-7-23-22(16-21)26(34(31-23)20-35-14-15-37(3,4)5)24-17-25(30-19-29-24)33-13-12-32(2)28(18-33)10-11-28/h6-7,16-17,19H,8-15,18,20H2,1-5H3. The molecule has 3 fully saturated rings. The van der Waals surface area contributed by atoms with E-state index in [2.05, 4.69) is 61.6 Å². The number of benzene rings is 1. The third-order valence-electron chi connectivity index (χ3n) is 8.28. The molecule has 0 amide bonds. The van der Waals surface area contributed by atoms with Crippen LogP contribution in [-0.2, 0) is 11.5 Å². The van der Waals surface area contributed by atoms with Crippen molar-refractivity contribution in [3.05, 3.63) is 30.6 Å². The number of anilines is 1. The fourth-order valence-corrected chi connectivity index (χ4v) is 5.98. The predicted octanol–water partition coefficient (Wildman–Crippen LogP) is 5.02. The first kappa shape index (κ1) is 24.8. The monoisotopic (exact) mass is 520 g/mol. The summed E-state index contributed by atoms with van der Waals surface area (Å²) in [6.07, 6.45) is 6.44. The SMILES string of the molecule is CN1CCN(c2cc(-c3c4cc(OC5(C)CC5)ccc4nn3COCC[Si](C)(C)C)ncn2)CC12CC2. The van der Waals surface area contributed by atoms with Crippen molar-refractivity contribution in [1.82, 2.24) is 24.6 Å². The molecule has 8 nitrogen and oxygen atoms in total. The highest BCUT2D eigenvalue weighted by atomic mass is 28.3. The van der Waals surface area contributed by atoms with Gasteiger partial charge < -0.3 is 14.4 Å². The van der Waals surface area contributed by atoms with Gasteiger partial charge in [-0.2, -0.15) is 5.10 Å². The quantitative estimate of drug-likeness (QED) is 0.290. The van der Waals surface area contributed by atoms with Crippen LogP contribution < -0.4 is 9.64 Å². The van der Waals surface area contributed by atoms with Crippen LogP contribution in [0.1, 0.15) is 32.6 Å². The first-order valence-corrected chi connectivity index (χ1v) is 17.4. The van der Waals surface area contributed by atoms with E-state index in [-0.39, 0.29) is 5.60 Å². The molecule has 0 bridgehead atoms. The summed E-state index contributed by atoms with van der Waals surface area (Å²) in [6.45, 7) is 13.5. The molecular weight excluding hydrogens is 480 g/mol. The van der Waals surface area contributed by atoms with Gasteiger partial charge in [0.05, 0.1) is 16.9 Å². The van der Waals surface area contributed by atoms with Gasteiger partial charge in [0.15, 0.2) is 0 Å². The minimum atomic E-state index is -1.17. The van der Waals surface area contributed by atoms with Crippen molar-refractivity contribution >= 4 is 24.8 Å². The van der Waals surface area contributed by atoms with E-state index in [9.17, 15) is 0 Å². The molecule has 2 aliphatic carbocycles. The molecule has 37 heavy (non-hydrogen) atoms. The third kappa shape index (κ3) is 5.26. The smallest absolute Gasteiger partial charge is 0.140 e. The zero-order chi connectivity index (χ0) is 25.8. The molecule has 1 aliphatic heterocycles. The largest absolute Gasteiger partial charge is 0.488 e. The van der Waals surface area contributed by atoms with E-state index in [1.54, 1.807) is 6.33 Å². The van der Waals surface area contributed by atoms with Crippen molar-refractivity contribution < 1.29 is 9.47 Å². The Labute approximate surface area is 221 Å². The van der Waals surface area contributed by atoms with Gasteiger partial charge in [0, 0.05) is 51.3 Å². The maximum absolute atomic E-state index is 6.31. The number of rotatable bonds is 9. The zero-order valence-electron chi connectivity index (χ0n) is 23.0. The van der Waals surface area contributed by atoms with Crippen LogP contribution >= 0.6 is 0 Å². The first-order chi connectivity index (χ1) is 17.6. The van der Waals surface area contributed by atoms with Gasteiger partial charge >= 0.3 is 0 Å². The Hall–Kier alpha value is -2.49. The third-order valence-corrected chi connectivity index (χ3v) is 9.99. The summed E-state index contributed by atoms with van der Waals surface area (Å²) in [4.78, 5) is 14.4. The summed E-state index contributed by atoms with van der Waals surface area (Å²) in [5.74, 6) is 1.87. The second-order valence-corrected chi connectivity index (χ2v) is 18.4. The fraction of sp³-hybridized carbons (Fsp3) is 0.607. The van der Waals surface area contributed by atoms with Crippen molar-refractivity contribution in [3.8, 4) is 17.1 Å². The molecule has 1 saturated heterocycles. The number of piperazine rings is 1. The Kier molecular flexibility index (Phi) is 6.08. The lowest BCUT2D eigenvalue weighted by Crippen LogP contribution is -2.53. The minimum absolute atomic E-state index is 0.0356. The Morgan fingerprint density at radius 1 is 1.03 bits per heavy atom. The van der Waals surface area contributed by atoms with Gasteiger partial charge in [0.25, 0.3) is 0 Å². The van der Waals surface area contributed by atoms with Gasteiger partial charge in [-0.05, 0) is 63.9 Å². The molecular formula is C28H40N6O2Si. The number of ether oxygens (including phenoxy) is 2. The molecule has 2 aromatic heterocycles. The summed E-state index contributed by atoms with van der Waals surface area (Å²) in [7, 11) is 1.09. The molecule has 0 atom stereocenters. The van der Waals surface area contributed by atoms with Gasteiger partial charge in [-0.1, -0.05) is 19.6 Å². The minimum Gasteiger partial charge on any atom is -0.488 e. The van der Waals surface area contributed by atoms with Crippen molar-refractivity contribution in [1.29, 1.82) is 0 Å². The summed E-state index contributed by atoms with van der Waals surface area (Å²) in [5.41, 5.74) is 3.06. The Morgan fingerprint density at radius 3 is 2.57 bits per heavy atom. The zero-order valence-corrected chi connectivity index (χ0v) is 24.0. The van der Waals surface area contributed by atoms with E-state index in [1.807, 2.05) is 10.7 Å². The highest BCUT2D eigenvalue weighted by Gasteiger charge is 2.49. The summed E-state index contributed by atoms with van der Waals surface area (Å²) >= 11 is 0. The van der Waals surface area contributed by atoms with Crippen molar-refractivity contribution in [2.75, 3.05) is 38.2 Å². The summed E-state index contributed by atoms with van der Waals surface area (Å²) < 4.78 is 14.4. The topological polar surface area (TPSA) is 68.5 Å². The van der Waals surface area contributed by atoms with Crippen LogP contribution in [0.15, 0.2) is 30.6 Å². The van der Waals surface area contributed by atoms with Crippen LogP contribution in [0.3, 0.4) is 0 Å². The molecule has 0 radical (unpaired) electrons. The second-order valence-electron chi connectivity index (χ2n) is 12.8.